The highest BCUT2D eigenvalue weighted by Gasteiger charge is 2.32. The molecule has 0 spiro atoms. The Balaban J connectivity index is 0.000000180. The standard InChI is InChI=1S/C21H17Cl2F3N4O.C20H17Cl3N4O/c22-16-3-1-2-14(18(16)23)20(31)29-13-6-8-30(9-7-13)19-15-10-12(21(24,25)26)4-5-17(15)27-11-28-19;21-12-4-5-17-15(10-12)19(25-11-24-17)27-8-6-13(7-9-27)26-20(28)14-2-1-3-16(22)18(14)23/h1-5,10-11,13H,6-9H2,(H,29,31);1-5,10-11,13H,6-9H2,(H,26,28). The van der Waals surface area contributed by atoms with Crippen molar-refractivity contribution in [2.24, 2.45) is 0 Å². The van der Waals surface area contributed by atoms with E-state index in [-0.39, 0.29) is 33.9 Å². The van der Waals surface area contributed by atoms with E-state index in [1.807, 2.05) is 23.1 Å². The van der Waals surface area contributed by atoms with E-state index in [1.165, 1.54) is 12.4 Å². The summed E-state index contributed by atoms with van der Waals surface area (Å²) in [4.78, 5) is 46.3. The van der Waals surface area contributed by atoms with E-state index in [4.69, 9.17) is 58.0 Å². The van der Waals surface area contributed by atoms with Crippen LogP contribution in [0.3, 0.4) is 0 Å². The third kappa shape index (κ3) is 9.87. The molecule has 0 radical (unpaired) electrons. The molecule has 8 rings (SSSR count). The third-order valence-corrected chi connectivity index (χ3v) is 12.0. The van der Waals surface area contributed by atoms with Crippen molar-refractivity contribution in [1.82, 2.24) is 30.6 Å². The predicted molar refractivity (Wildman–Crippen MR) is 227 cm³/mol. The number of hydrogen-bond donors (Lipinski definition) is 2. The van der Waals surface area contributed by atoms with Crippen LogP contribution in [0.1, 0.15) is 52.0 Å². The van der Waals surface area contributed by atoms with Crippen LogP contribution >= 0.6 is 58.0 Å². The SMILES string of the molecule is O=C(NC1CCN(c2ncnc3ccc(C(F)(F)F)cc23)CC1)c1cccc(Cl)c1Cl.O=C(NC1CCN(c2ncnc3ccc(Cl)cc23)CC1)c1cccc(Cl)c1Cl. The summed E-state index contributed by atoms with van der Waals surface area (Å²) in [6.07, 6.45) is 1.29. The van der Waals surface area contributed by atoms with Gasteiger partial charge in [0.2, 0.25) is 0 Å². The molecule has 0 bridgehead atoms. The van der Waals surface area contributed by atoms with Crippen molar-refractivity contribution in [3.05, 3.63) is 127 Å². The second-order valence-corrected chi connectivity index (χ2v) is 16.0. The average Bonchev–Trinajstić information content (AvgIpc) is 3.22. The number of hydrogen-bond acceptors (Lipinski definition) is 8. The van der Waals surface area contributed by atoms with Crippen molar-refractivity contribution in [3.8, 4) is 0 Å². The van der Waals surface area contributed by atoms with Crippen LogP contribution in [0.25, 0.3) is 21.8 Å². The number of fused-ring (bicyclic) bond motifs is 2. The number of benzene rings is 4. The maximum Gasteiger partial charge on any atom is 0.416 e. The van der Waals surface area contributed by atoms with Crippen LogP contribution in [0.2, 0.25) is 25.1 Å². The highest BCUT2D eigenvalue weighted by Crippen LogP contribution is 2.35. The first kappa shape index (κ1) is 42.5. The van der Waals surface area contributed by atoms with Gasteiger partial charge in [0, 0.05) is 54.1 Å². The minimum atomic E-state index is -4.44. The van der Waals surface area contributed by atoms with Crippen LogP contribution in [-0.2, 0) is 6.18 Å². The topological polar surface area (TPSA) is 116 Å². The fourth-order valence-corrected chi connectivity index (χ4v) is 8.04. The van der Waals surface area contributed by atoms with E-state index >= 15 is 0 Å². The Kier molecular flexibility index (Phi) is 13.2. The van der Waals surface area contributed by atoms with E-state index < -0.39 is 11.7 Å². The van der Waals surface area contributed by atoms with Gasteiger partial charge in [-0.1, -0.05) is 70.1 Å². The van der Waals surface area contributed by atoms with Crippen LogP contribution in [0.15, 0.2) is 85.5 Å². The lowest BCUT2D eigenvalue weighted by Crippen LogP contribution is -2.45. The van der Waals surface area contributed by atoms with Crippen molar-refractivity contribution in [2.45, 2.75) is 43.9 Å². The molecule has 10 nitrogen and oxygen atoms in total. The van der Waals surface area contributed by atoms with E-state index in [2.05, 4.69) is 35.5 Å². The maximum absolute atomic E-state index is 13.1. The first-order valence-electron chi connectivity index (χ1n) is 18.5. The molecule has 0 aliphatic carbocycles. The average molecular weight is 905 g/mol. The lowest BCUT2D eigenvalue weighted by atomic mass is 10.0. The Hall–Kier alpha value is -4.66. The molecule has 6 aromatic rings. The highest BCUT2D eigenvalue weighted by atomic mass is 35.5. The van der Waals surface area contributed by atoms with Crippen molar-refractivity contribution < 1.29 is 22.8 Å². The van der Waals surface area contributed by atoms with Gasteiger partial charge in [0.15, 0.2) is 0 Å². The molecule has 2 saturated heterocycles. The first-order valence-corrected chi connectivity index (χ1v) is 20.4. The van der Waals surface area contributed by atoms with Crippen molar-refractivity contribution in [2.75, 3.05) is 36.0 Å². The molecule has 2 amide bonds. The molecule has 2 fully saturated rings. The second kappa shape index (κ2) is 18.3. The van der Waals surface area contributed by atoms with Gasteiger partial charge in [-0.05, 0) is 86.3 Å². The molecular weight excluding hydrogens is 871 g/mol. The van der Waals surface area contributed by atoms with Crippen LogP contribution in [0, 0.1) is 0 Å². The normalized spacial score (nSPS) is 15.2. The summed E-state index contributed by atoms with van der Waals surface area (Å²) in [5, 5.41) is 9.11. The Morgan fingerprint density at radius 3 is 1.49 bits per heavy atom. The number of nitrogens with one attached hydrogen (secondary N) is 2. The minimum Gasteiger partial charge on any atom is -0.356 e. The van der Waals surface area contributed by atoms with Gasteiger partial charge in [-0.25, -0.2) is 19.9 Å². The zero-order valence-electron chi connectivity index (χ0n) is 30.9. The molecule has 306 valence electrons. The number of carbonyl (C=O) groups excluding carboxylic acids is 2. The quantitative estimate of drug-likeness (QED) is 0.170. The Labute approximate surface area is 362 Å². The van der Waals surface area contributed by atoms with Gasteiger partial charge in [-0.2, -0.15) is 13.2 Å². The van der Waals surface area contributed by atoms with Gasteiger partial charge >= 0.3 is 6.18 Å². The smallest absolute Gasteiger partial charge is 0.356 e. The summed E-state index contributed by atoms with van der Waals surface area (Å²) in [5.74, 6) is 0.812. The number of alkyl halides is 3. The van der Waals surface area contributed by atoms with E-state index in [1.54, 1.807) is 42.7 Å². The predicted octanol–water partition coefficient (Wildman–Crippen LogP) is 10.3. The summed E-state index contributed by atoms with van der Waals surface area (Å²) in [7, 11) is 0. The fraction of sp³-hybridized carbons (Fsp3) is 0.268. The van der Waals surface area contributed by atoms with Crippen LogP contribution in [0.5, 0.6) is 0 Å². The molecule has 0 atom stereocenters. The molecule has 2 aliphatic heterocycles. The molecule has 2 aliphatic rings. The van der Waals surface area contributed by atoms with E-state index in [0.29, 0.717) is 68.8 Å². The maximum atomic E-state index is 13.1. The van der Waals surface area contributed by atoms with E-state index in [0.717, 1.165) is 54.8 Å². The Morgan fingerprint density at radius 1 is 0.593 bits per heavy atom. The zero-order valence-corrected chi connectivity index (χ0v) is 34.7. The number of piperidine rings is 2. The summed E-state index contributed by atoms with van der Waals surface area (Å²) in [6.45, 7) is 2.59. The molecule has 2 aromatic heterocycles. The monoisotopic (exact) mass is 902 g/mol. The van der Waals surface area contributed by atoms with Crippen molar-refractivity contribution in [3.63, 3.8) is 0 Å². The number of nitrogens with zero attached hydrogens (tertiary/aromatic N) is 6. The molecule has 4 heterocycles. The number of halogens is 8. The van der Waals surface area contributed by atoms with Gasteiger partial charge in [0.25, 0.3) is 11.8 Å². The molecule has 0 saturated carbocycles. The van der Waals surface area contributed by atoms with E-state index in [9.17, 15) is 22.8 Å². The number of rotatable bonds is 6. The molecular formula is C41H34Cl5F3N8O2. The summed E-state index contributed by atoms with van der Waals surface area (Å²) < 4.78 is 39.4. The number of carbonyl (C=O) groups is 2. The van der Waals surface area contributed by atoms with Crippen molar-refractivity contribution in [1.29, 1.82) is 0 Å². The summed E-state index contributed by atoms with van der Waals surface area (Å²) in [6, 6.07) is 18.9. The first-order chi connectivity index (χ1) is 28.3. The summed E-state index contributed by atoms with van der Waals surface area (Å²) >= 11 is 30.4. The third-order valence-electron chi connectivity index (χ3n) is 10.2. The highest BCUT2D eigenvalue weighted by molar-refractivity contribution is 6.44. The molecule has 4 aromatic carbocycles. The molecule has 2 N–H and O–H groups in total. The summed E-state index contributed by atoms with van der Waals surface area (Å²) in [5.41, 5.74) is 1.27. The number of aromatic nitrogens is 4. The lowest BCUT2D eigenvalue weighted by Gasteiger charge is -2.33. The van der Waals surface area contributed by atoms with Gasteiger partial charge in [-0.15, -0.1) is 0 Å². The molecule has 59 heavy (non-hydrogen) atoms. The van der Waals surface area contributed by atoms with Crippen LogP contribution in [-0.4, -0.2) is 70.0 Å². The fourth-order valence-electron chi connectivity index (χ4n) is 7.09. The Bertz CT molecular complexity index is 2510. The lowest BCUT2D eigenvalue weighted by molar-refractivity contribution is -0.137. The van der Waals surface area contributed by atoms with Gasteiger partial charge in [0.05, 0.1) is 47.8 Å². The van der Waals surface area contributed by atoms with Crippen LogP contribution < -0.4 is 20.4 Å². The molecule has 18 heteroatoms. The minimum absolute atomic E-state index is 0.0653. The Morgan fingerprint density at radius 2 is 1.03 bits per heavy atom. The number of amides is 2. The van der Waals surface area contributed by atoms with Crippen LogP contribution in [0.4, 0.5) is 24.8 Å². The van der Waals surface area contributed by atoms with Gasteiger partial charge in [-0.3, -0.25) is 9.59 Å². The molecule has 0 unspecified atom stereocenters. The van der Waals surface area contributed by atoms with Gasteiger partial charge in [0.1, 0.15) is 24.3 Å². The zero-order chi connectivity index (χ0) is 41.8. The largest absolute Gasteiger partial charge is 0.416 e. The second-order valence-electron chi connectivity index (χ2n) is 14.0. The van der Waals surface area contributed by atoms with Gasteiger partial charge < -0.3 is 20.4 Å². The number of anilines is 2. The van der Waals surface area contributed by atoms with Crippen molar-refractivity contribution >= 4 is 103 Å².